The van der Waals surface area contributed by atoms with E-state index in [1.54, 1.807) is 19.0 Å². The van der Waals surface area contributed by atoms with Gasteiger partial charge in [-0.15, -0.1) is 6.58 Å². The maximum atomic E-state index is 11.3. The zero-order chi connectivity index (χ0) is 9.02. The normalized spacial score (nSPS) is 15.3. The first kappa shape index (κ1) is 10.2. The number of amides is 1. The van der Waals surface area contributed by atoms with Crippen LogP contribution in [0.4, 0.5) is 0 Å². The minimum absolute atomic E-state index is 0.0440. The molecule has 0 aliphatic rings. The summed E-state index contributed by atoms with van der Waals surface area (Å²) in [6.07, 6.45) is 1.81. The predicted octanol–water partition coefficient (Wildman–Crippen LogP) is 1.53. The molecule has 0 radical (unpaired) electrons. The van der Waals surface area contributed by atoms with Gasteiger partial charge in [0.15, 0.2) is 0 Å². The summed E-state index contributed by atoms with van der Waals surface area (Å²) in [7, 11) is 3.54. The standard InChI is InChI=1S/C9H17NO/c1-6-7(2)8(3)9(11)10(4)5/h6-8H,1H2,2-5H3. The topological polar surface area (TPSA) is 20.3 Å². The van der Waals surface area contributed by atoms with Gasteiger partial charge in [0.1, 0.15) is 0 Å². The average Bonchev–Trinajstić information content (AvgIpc) is 2.00. The third-order valence-corrected chi connectivity index (χ3v) is 1.99. The Morgan fingerprint density at radius 1 is 1.45 bits per heavy atom. The zero-order valence-corrected chi connectivity index (χ0v) is 7.79. The van der Waals surface area contributed by atoms with Crippen LogP contribution in [0.2, 0.25) is 0 Å². The van der Waals surface area contributed by atoms with Gasteiger partial charge in [0.05, 0.1) is 0 Å². The van der Waals surface area contributed by atoms with Crippen LogP contribution in [-0.2, 0) is 4.79 Å². The van der Waals surface area contributed by atoms with Gasteiger partial charge < -0.3 is 4.90 Å². The maximum absolute atomic E-state index is 11.3. The Labute approximate surface area is 68.9 Å². The number of carbonyl (C=O) groups excluding carboxylic acids is 1. The van der Waals surface area contributed by atoms with Crippen molar-refractivity contribution >= 4 is 5.91 Å². The highest BCUT2D eigenvalue weighted by Gasteiger charge is 2.18. The van der Waals surface area contributed by atoms with E-state index in [0.29, 0.717) is 0 Å². The van der Waals surface area contributed by atoms with Crippen molar-refractivity contribution in [2.75, 3.05) is 14.1 Å². The average molecular weight is 155 g/mol. The highest BCUT2D eigenvalue weighted by Crippen LogP contribution is 2.13. The molecule has 0 spiro atoms. The molecule has 2 nitrogen and oxygen atoms in total. The Balaban J connectivity index is 4.12. The van der Waals surface area contributed by atoms with Gasteiger partial charge in [-0.3, -0.25) is 4.79 Å². The molecule has 0 bridgehead atoms. The molecule has 0 aliphatic heterocycles. The molecule has 2 unspecified atom stereocenters. The lowest BCUT2D eigenvalue weighted by Crippen LogP contribution is -2.30. The van der Waals surface area contributed by atoms with Crippen LogP contribution in [0.5, 0.6) is 0 Å². The summed E-state index contributed by atoms with van der Waals surface area (Å²) >= 11 is 0. The number of rotatable bonds is 3. The van der Waals surface area contributed by atoms with E-state index in [1.165, 1.54) is 0 Å². The second-order valence-corrected chi connectivity index (χ2v) is 3.12. The largest absolute Gasteiger partial charge is 0.349 e. The lowest BCUT2D eigenvalue weighted by atomic mass is 9.95. The molecule has 0 heterocycles. The molecule has 1 amide bonds. The van der Waals surface area contributed by atoms with Crippen molar-refractivity contribution in [2.24, 2.45) is 11.8 Å². The minimum Gasteiger partial charge on any atom is -0.349 e. The summed E-state index contributed by atoms with van der Waals surface area (Å²) in [6, 6.07) is 0. The molecule has 2 atom stereocenters. The molecule has 0 fully saturated rings. The quantitative estimate of drug-likeness (QED) is 0.566. The van der Waals surface area contributed by atoms with Crippen molar-refractivity contribution in [3.05, 3.63) is 12.7 Å². The maximum Gasteiger partial charge on any atom is 0.225 e. The number of nitrogens with zero attached hydrogens (tertiary/aromatic N) is 1. The molecule has 0 rings (SSSR count). The first-order valence-electron chi connectivity index (χ1n) is 3.84. The molecule has 64 valence electrons. The molecule has 0 aliphatic carbocycles. The van der Waals surface area contributed by atoms with Gasteiger partial charge in [0.2, 0.25) is 5.91 Å². The van der Waals surface area contributed by atoms with E-state index in [1.807, 2.05) is 19.9 Å². The summed E-state index contributed by atoms with van der Waals surface area (Å²) < 4.78 is 0. The van der Waals surface area contributed by atoms with Crippen molar-refractivity contribution in [3.8, 4) is 0 Å². The van der Waals surface area contributed by atoms with Crippen LogP contribution in [-0.4, -0.2) is 24.9 Å². The van der Waals surface area contributed by atoms with Crippen LogP contribution in [0.15, 0.2) is 12.7 Å². The smallest absolute Gasteiger partial charge is 0.225 e. The van der Waals surface area contributed by atoms with Crippen LogP contribution < -0.4 is 0 Å². The minimum atomic E-state index is 0.0440. The molecule has 0 aromatic heterocycles. The second-order valence-electron chi connectivity index (χ2n) is 3.12. The van der Waals surface area contributed by atoms with Crippen molar-refractivity contribution < 1.29 is 4.79 Å². The summed E-state index contributed by atoms with van der Waals surface area (Å²) in [4.78, 5) is 12.9. The summed E-state index contributed by atoms with van der Waals surface area (Å²) in [5.41, 5.74) is 0. The monoisotopic (exact) mass is 155 g/mol. The molecule has 11 heavy (non-hydrogen) atoms. The van der Waals surface area contributed by atoms with Crippen molar-refractivity contribution in [2.45, 2.75) is 13.8 Å². The molecule has 0 saturated carbocycles. The van der Waals surface area contributed by atoms with E-state index in [9.17, 15) is 4.79 Å². The van der Waals surface area contributed by atoms with Crippen LogP contribution >= 0.6 is 0 Å². The number of hydrogen-bond donors (Lipinski definition) is 0. The third-order valence-electron chi connectivity index (χ3n) is 1.99. The van der Waals surface area contributed by atoms with Gasteiger partial charge in [-0.1, -0.05) is 19.9 Å². The van der Waals surface area contributed by atoms with E-state index >= 15 is 0 Å². The molecular weight excluding hydrogens is 138 g/mol. The Hall–Kier alpha value is -0.790. The Bertz CT molecular complexity index is 152. The summed E-state index contributed by atoms with van der Waals surface area (Å²) in [5, 5.41) is 0. The van der Waals surface area contributed by atoms with Gasteiger partial charge in [-0.05, 0) is 5.92 Å². The van der Waals surface area contributed by atoms with Crippen molar-refractivity contribution in [1.82, 2.24) is 4.90 Å². The van der Waals surface area contributed by atoms with E-state index in [2.05, 4.69) is 6.58 Å². The van der Waals surface area contributed by atoms with Gasteiger partial charge in [0.25, 0.3) is 0 Å². The highest BCUT2D eigenvalue weighted by molar-refractivity contribution is 5.78. The Kier molecular flexibility index (Phi) is 3.86. The second kappa shape index (κ2) is 4.16. The lowest BCUT2D eigenvalue weighted by molar-refractivity contribution is -0.133. The summed E-state index contributed by atoms with van der Waals surface area (Å²) in [6.45, 7) is 7.58. The lowest BCUT2D eigenvalue weighted by Gasteiger charge is -2.19. The molecular formula is C9H17NO. The fourth-order valence-corrected chi connectivity index (χ4v) is 0.836. The molecule has 2 heteroatoms. The van der Waals surface area contributed by atoms with Crippen molar-refractivity contribution in [3.63, 3.8) is 0 Å². The van der Waals surface area contributed by atoms with Gasteiger partial charge in [-0.2, -0.15) is 0 Å². The number of allylic oxidation sites excluding steroid dienone is 1. The van der Waals surface area contributed by atoms with Gasteiger partial charge in [-0.25, -0.2) is 0 Å². The van der Waals surface area contributed by atoms with Gasteiger partial charge >= 0.3 is 0 Å². The first-order chi connectivity index (χ1) is 5.00. The van der Waals surface area contributed by atoms with E-state index in [0.717, 1.165) is 0 Å². The number of hydrogen-bond acceptors (Lipinski definition) is 1. The molecule has 0 aromatic carbocycles. The number of carbonyl (C=O) groups is 1. The predicted molar refractivity (Wildman–Crippen MR) is 47.2 cm³/mol. The Morgan fingerprint density at radius 3 is 2.18 bits per heavy atom. The Morgan fingerprint density at radius 2 is 1.91 bits per heavy atom. The van der Waals surface area contributed by atoms with Crippen LogP contribution in [0.3, 0.4) is 0 Å². The van der Waals surface area contributed by atoms with E-state index in [4.69, 9.17) is 0 Å². The summed E-state index contributed by atoms with van der Waals surface area (Å²) in [5.74, 6) is 0.463. The highest BCUT2D eigenvalue weighted by atomic mass is 16.2. The van der Waals surface area contributed by atoms with Crippen molar-refractivity contribution in [1.29, 1.82) is 0 Å². The van der Waals surface area contributed by atoms with E-state index < -0.39 is 0 Å². The van der Waals surface area contributed by atoms with E-state index in [-0.39, 0.29) is 17.7 Å². The fraction of sp³-hybridized carbons (Fsp3) is 0.667. The van der Waals surface area contributed by atoms with Crippen LogP contribution in [0.25, 0.3) is 0 Å². The zero-order valence-electron chi connectivity index (χ0n) is 7.79. The van der Waals surface area contributed by atoms with Gasteiger partial charge in [0, 0.05) is 20.0 Å². The third kappa shape index (κ3) is 2.74. The van der Waals surface area contributed by atoms with Crippen LogP contribution in [0.1, 0.15) is 13.8 Å². The molecule has 0 aromatic rings. The first-order valence-corrected chi connectivity index (χ1v) is 3.84. The molecule has 0 saturated heterocycles. The molecule has 0 N–H and O–H groups in total. The van der Waals surface area contributed by atoms with Crippen LogP contribution in [0, 0.1) is 11.8 Å². The fourth-order valence-electron chi connectivity index (χ4n) is 0.836. The SMILES string of the molecule is C=CC(C)C(C)C(=O)N(C)C.